The number of benzene rings is 2. The van der Waals surface area contributed by atoms with Gasteiger partial charge in [-0.1, -0.05) is 18.0 Å². The van der Waals surface area contributed by atoms with E-state index in [2.05, 4.69) is 10.0 Å². The Morgan fingerprint density at radius 2 is 1.88 bits per heavy atom. The fourth-order valence-corrected chi connectivity index (χ4v) is 6.50. The summed E-state index contributed by atoms with van der Waals surface area (Å²) in [4.78, 5) is 22.9. The zero-order valence-electron chi connectivity index (χ0n) is 17.5. The number of hydrogen-bond acceptors (Lipinski definition) is 5. The summed E-state index contributed by atoms with van der Waals surface area (Å²) in [6, 6.07) is 9.45. The Morgan fingerprint density at radius 1 is 1.16 bits per heavy atom. The number of carbonyl (C=O) groups excluding carboxylic acids is 1. The van der Waals surface area contributed by atoms with E-state index >= 15 is 0 Å². The molecule has 2 fully saturated rings. The molecule has 4 unspecified atom stereocenters. The second-order valence-corrected chi connectivity index (χ2v) is 10.8. The number of nitro groups is 1. The van der Waals surface area contributed by atoms with Crippen molar-refractivity contribution in [2.45, 2.75) is 43.5 Å². The SMILES string of the molecule is CC(NS(=O)(=O)c1ccc(NC(=O)c2ccc(Cl)c([N+](=O)[O-])c2)cc1)C1CC2CCC1C2. The Hall–Kier alpha value is -2.49. The predicted molar refractivity (Wildman–Crippen MR) is 121 cm³/mol. The summed E-state index contributed by atoms with van der Waals surface area (Å²) in [5, 5.41) is 13.6. The monoisotopic (exact) mass is 477 g/mol. The summed E-state index contributed by atoms with van der Waals surface area (Å²) in [6.45, 7) is 1.93. The van der Waals surface area contributed by atoms with Crippen molar-refractivity contribution in [2.24, 2.45) is 17.8 Å². The second-order valence-electron chi connectivity index (χ2n) is 8.65. The third kappa shape index (κ3) is 4.65. The molecule has 4 atom stereocenters. The highest BCUT2D eigenvalue weighted by Gasteiger charge is 2.42. The van der Waals surface area contributed by atoms with E-state index in [1.54, 1.807) is 0 Å². The van der Waals surface area contributed by atoms with Crippen molar-refractivity contribution in [3.8, 4) is 0 Å². The molecule has 2 aliphatic rings. The molecule has 0 heterocycles. The minimum Gasteiger partial charge on any atom is -0.322 e. The molecule has 0 radical (unpaired) electrons. The van der Waals surface area contributed by atoms with E-state index in [-0.39, 0.29) is 27.2 Å². The number of nitro benzene ring substituents is 1. The van der Waals surface area contributed by atoms with E-state index in [4.69, 9.17) is 11.6 Å². The Bertz CT molecular complexity index is 1150. The molecule has 2 saturated carbocycles. The highest BCUT2D eigenvalue weighted by Crippen LogP contribution is 2.49. The largest absolute Gasteiger partial charge is 0.322 e. The van der Waals surface area contributed by atoms with Crippen molar-refractivity contribution >= 4 is 38.9 Å². The minimum atomic E-state index is -3.68. The van der Waals surface area contributed by atoms with Gasteiger partial charge in [0.2, 0.25) is 10.0 Å². The Morgan fingerprint density at radius 3 is 2.47 bits per heavy atom. The van der Waals surface area contributed by atoms with Crippen molar-refractivity contribution in [3.05, 3.63) is 63.2 Å². The first-order valence-corrected chi connectivity index (χ1v) is 12.4. The number of nitrogens with one attached hydrogen (secondary N) is 2. The minimum absolute atomic E-state index is 0.0618. The molecule has 8 nitrogen and oxygen atoms in total. The van der Waals surface area contributed by atoms with Crippen LogP contribution in [0, 0.1) is 27.9 Å². The van der Waals surface area contributed by atoms with Gasteiger partial charge in [-0.25, -0.2) is 13.1 Å². The van der Waals surface area contributed by atoms with Gasteiger partial charge in [0.15, 0.2) is 0 Å². The van der Waals surface area contributed by atoms with Gasteiger partial charge in [-0.3, -0.25) is 14.9 Å². The second kappa shape index (κ2) is 8.80. The number of nitrogens with zero attached hydrogens (tertiary/aromatic N) is 1. The lowest BCUT2D eigenvalue weighted by atomic mass is 9.84. The average Bonchev–Trinajstić information content (AvgIpc) is 3.37. The summed E-state index contributed by atoms with van der Waals surface area (Å²) < 4.78 is 28.5. The van der Waals surface area contributed by atoms with E-state index in [0.717, 1.165) is 18.4 Å². The van der Waals surface area contributed by atoms with Crippen LogP contribution in [0.4, 0.5) is 11.4 Å². The summed E-state index contributed by atoms with van der Waals surface area (Å²) in [6.07, 6.45) is 4.74. The molecule has 0 saturated heterocycles. The smallest absolute Gasteiger partial charge is 0.288 e. The molecule has 4 rings (SSSR count). The summed E-state index contributed by atoms with van der Waals surface area (Å²) >= 11 is 5.78. The molecule has 32 heavy (non-hydrogen) atoms. The van der Waals surface area contributed by atoms with Crippen LogP contribution in [0.5, 0.6) is 0 Å². The van der Waals surface area contributed by atoms with Crippen LogP contribution in [0.15, 0.2) is 47.4 Å². The van der Waals surface area contributed by atoms with Crippen LogP contribution in [-0.2, 0) is 10.0 Å². The van der Waals surface area contributed by atoms with Crippen LogP contribution in [0.1, 0.15) is 43.0 Å². The van der Waals surface area contributed by atoms with Gasteiger partial charge in [0.05, 0.1) is 9.82 Å². The van der Waals surface area contributed by atoms with E-state index in [0.29, 0.717) is 17.5 Å². The molecular weight excluding hydrogens is 454 g/mol. The van der Waals surface area contributed by atoms with Gasteiger partial charge >= 0.3 is 0 Å². The molecule has 0 aliphatic heterocycles. The van der Waals surface area contributed by atoms with Crippen molar-refractivity contribution in [2.75, 3.05) is 5.32 Å². The molecule has 10 heteroatoms. The zero-order chi connectivity index (χ0) is 23.0. The van der Waals surface area contributed by atoms with E-state index in [1.807, 2.05) is 6.92 Å². The van der Waals surface area contributed by atoms with Gasteiger partial charge in [-0.15, -0.1) is 0 Å². The van der Waals surface area contributed by atoms with Gasteiger partial charge in [0.25, 0.3) is 11.6 Å². The van der Waals surface area contributed by atoms with Gasteiger partial charge in [0, 0.05) is 23.4 Å². The van der Waals surface area contributed by atoms with E-state index in [1.165, 1.54) is 55.7 Å². The lowest BCUT2D eigenvalue weighted by Gasteiger charge is -2.28. The van der Waals surface area contributed by atoms with Crippen LogP contribution in [0.3, 0.4) is 0 Å². The quantitative estimate of drug-likeness (QED) is 0.446. The Balaban J connectivity index is 1.41. The van der Waals surface area contributed by atoms with E-state index in [9.17, 15) is 23.3 Å². The lowest BCUT2D eigenvalue weighted by Crippen LogP contribution is -2.40. The third-order valence-electron chi connectivity index (χ3n) is 6.60. The number of carbonyl (C=O) groups is 1. The maximum atomic E-state index is 12.8. The fourth-order valence-electron chi connectivity index (χ4n) is 5.02. The first-order valence-electron chi connectivity index (χ1n) is 10.5. The molecule has 170 valence electrons. The van der Waals surface area contributed by atoms with Gasteiger partial charge in [-0.2, -0.15) is 0 Å². The van der Waals surface area contributed by atoms with Crippen molar-refractivity contribution in [1.82, 2.24) is 4.72 Å². The molecule has 2 aromatic carbocycles. The highest BCUT2D eigenvalue weighted by atomic mass is 35.5. The topological polar surface area (TPSA) is 118 Å². The molecule has 2 aliphatic carbocycles. The van der Waals surface area contributed by atoms with Crippen LogP contribution in [0.25, 0.3) is 0 Å². The molecule has 2 bridgehead atoms. The molecule has 0 spiro atoms. The van der Waals surface area contributed by atoms with Gasteiger partial charge in [0.1, 0.15) is 5.02 Å². The normalized spacial score (nSPS) is 23.1. The molecular formula is C22H24ClN3O5S. The molecule has 2 N–H and O–H groups in total. The average molecular weight is 478 g/mol. The Labute approximate surface area is 191 Å². The standard InChI is InChI=1S/C22H24ClN3O5S/c1-13(19-11-14-2-3-15(19)10-14)25-32(30,31)18-7-5-17(6-8-18)24-22(27)16-4-9-20(23)21(12-16)26(28)29/h4-9,12-15,19,25H,2-3,10-11H2,1H3,(H,24,27). The number of fused-ring (bicyclic) bond motifs is 2. The number of hydrogen-bond donors (Lipinski definition) is 2. The lowest BCUT2D eigenvalue weighted by molar-refractivity contribution is -0.384. The van der Waals surface area contributed by atoms with Crippen molar-refractivity contribution in [3.63, 3.8) is 0 Å². The molecule has 1 amide bonds. The maximum Gasteiger partial charge on any atom is 0.288 e. The Kier molecular flexibility index (Phi) is 6.24. The van der Waals surface area contributed by atoms with Gasteiger partial charge in [-0.05, 0) is 80.3 Å². The van der Waals surface area contributed by atoms with Crippen LogP contribution < -0.4 is 10.0 Å². The summed E-state index contributed by atoms with van der Waals surface area (Å²) in [7, 11) is -3.68. The number of amides is 1. The van der Waals surface area contributed by atoms with Crippen LogP contribution >= 0.6 is 11.6 Å². The first-order chi connectivity index (χ1) is 15.1. The summed E-state index contributed by atoms with van der Waals surface area (Å²) in [5.41, 5.74) is 0.0725. The van der Waals surface area contributed by atoms with Crippen LogP contribution in [-0.4, -0.2) is 25.3 Å². The zero-order valence-corrected chi connectivity index (χ0v) is 19.0. The fraction of sp³-hybridized carbons (Fsp3) is 0.409. The number of anilines is 1. The predicted octanol–water partition coefficient (Wildman–Crippen LogP) is 4.60. The summed E-state index contributed by atoms with van der Waals surface area (Å²) in [5.74, 6) is 1.16. The highest BCUT2D eigenvalue weighted by molar-refractivity contribution is 7.89. The van der Waals surface area contributed by atoms with Crippen molar-refractivity contribution in [1.29, 1.82) is 0 Å². The molecule has 2 aromatic rings. The maximum absolute atomic E-state index is 12.8. The third-order valence-corrected chi connectivity index (χ3v) is 8.50. The number of rotatable bonds is 7. The first kappa shape index (κ1) is 22.7. The molecule has 0 aromatic heterocycles. The van der Waals surface area contributed by atoms with Crippen molar-refractivity contribution < 1.29 is 18.1 Å². The van der Waals surface area contributed by atoms with E-state index < -0.39 is 20.9 Å². The number of halogens is 1. The number of sulfonamides is 1. The van der Waals surface area contributed by atoms with Gasteiger partial charge < -0.3 is 5.32 Å². The van der Waals surface area contributed by atoms with Crippen LogP contribution in [0.2, 0.25) is 5.02 Å².